The van der Waals surface area contributed by atoms with Gasteiger partial charge in [0.2, 0.25) is 0 Å². The molecule has 0 saturated carbocycles. The van der Waals surface area contributed by atoms with Crippen LogP contribution in [0.3, 0.4) is 0 Å². The first-order valence-corrected chi connectivity index (χ1v) is 10.3. The Kier molecular flexibility index (Phi) is 6.43. The first-order valence-electron chi connectivity index (χ1n) is 10.3. The van der Waals surface area contributed by atoms with Crippen molar-refractivity contribution in [3.63, 3.8) is 0 Å². The van der Waals surface area contributed by atoms with Gasteiger partial charge in [0.25, 0.3) is 5.91 Å². The number of aromatic nitrogens is 2. The molecule has 168 valence electrons. The zero-order valence-electron chi connectivity index (χ0n) is 17.2. The number of ether oxygens (including phenoxy) is 1. The van der Waals surface area contributed by atoms with E-state index in [1.807, 2.05) is 16.8 Å². The smallest absolute Gasteiger partial charge is 0.251 e. The van der Waals surface area contributed by atoms with E-state index in [9.17, 15) is 13.6 Å². The monoisotopic (exact) mass is 460 g/mol. The molecule has 1 fully saturated rings. The van der Waals surface area contributed by atoms with Crippen LogP contribution in [0.4, 0.5) is 8.78 Å². The number of nitrogens with zero attached hydrogens (tertiary/aromatic N) is 2. The molecule has 2 atom stereocenters. The van der Waals surface area contributed by atoms with Gasteiger partial charge in [-0.05, 0) is 54.9 Å². The highest BCUT2D eigenvalue weighted by atomic mass is 35.5. The number of benzene rings is 2. The van der Waals surface area contributed by atoms with Crippen molar-refractivity contribution in [2.45, 2.75) is 24.9 Å². The Morgan fingerprint density at radius 3 is 2.78 bits per heavy atom. The molecule has 2 aliphatic heterocycles. The van der Waals surface area contributed by atoms with Gasteiger partial charge in [-0.25, -0.2) is 8.78 Å². The highest BCUT2D eigenvalue weighted by Gasteiger charge is 2.29. The number of nitrogens with one attached hydrogen (secondary N) is 2. The fraction of sp³-hybridized carbons (Fsp3) is 0.304. The molecule has 0 unspecified atom stereocenters. The summed E-state index contributed by atoms with van der Waals surface area (Å²) in [6.45, 7) is 2.34. The molecular weight excluding hydrogens is 438 g/mol. The second-order valence-electron chi connectivity index (χ2n) is 7.88. The lowest BCUT2D eigenvalue weighted by atomic mass is 9.85. The van der Waals surface area contributed by atoms with Crippen LogP contribution in [0.1, 0.15) is 28.3 Å². The summed E-state index contributed by atoms with van der Waals surface area (Å²) >= 11 is 0. The van der Waals surface area contributed by atoms with Gasteiger partial charge in [0, 0.05) is 41.9 Å². The van der Waals surface area contributed by atoms with Crippen LogP contribution in [0.2, 0.25) is 0 Å². The molecule has 0 spiro atoms. The highest BCUT2D eigenvalue weighted by Crippen LogP contribution is 2.33. The molecule has 3 aromatic rings. The first-order chi connectivity index (χ1) is 15.1. The lowest BCUT2D eigenvalue weighted by Crippen LogP contribution is -2.50. The molecule has 1 amide bonds. The van der Waals surface area contributed by atoms with E-state index in [2.05, 4.69) is 15.7 Å². The van der Waals surface area contributed by atoms with Gasteiger partial charge >= 0.3 is 0 Å². The van der Waals surface area contributed by atoms with E-state index in [1.165, 1.54) is 12.1 Å². The van der Waals surface area contributed by atoms with Crippen LogP contribution < -0.4 is 15.4 Å². The molecule has 9 heteroatoms. The summed E-state index contributed by atoms with van der Waals surface area (Å²) in [5.74, 6) is -1.01. The van der Waals surface area contributed by atoms with Crippen LogP contribution in [-0.4, -0.2) is 41.4 Å². The van der Waals surface area contributed by atoms with Crippen molar-refractivity contribution in [2.24, 2.45) is 0 Å². The third-order valence-corrected chi connectivity index (χ3v) is 5.91. The minimum Gasteiger partial charge on any atom is -0.491 e. The van der Waals surface area contributed by atoms with Gasteiger partial charge in [-0.3, -0.25) is 9.48 Å². The Bertz CT molecular complexity index is 1120. The summed E-state index contributed by atoms with van der Waals surface area (Å²) in [5, 5.41) is 10.6. The van der Waals surface area contributed by atoms with E-state index < -0.39 is 11.6 Å². The van der Waals surface area contributed by atoms with Crippen molar-refractivity contribution in [1.29, 1.82) is 0 Å². The summed E-state index contributed by atoms with van der Waals surface area (Å²) in [4.78, 5) is 13.0. The SMILES string of the molecule is Cl.O=C(N[C@@H]1CNCC[C@H]1c1cc(F)cc(F)c1)c1ccc2c(c1)OCCn1nccc1-2. The number of fused-ring (bicyclic) bond motifs is 3. The average Bonchev–Trinajstić information content (AvgIpc) is 3.14. The normalized spacial score (nSPS) is 19.6. The highest BCUT2D eigenvalue weighted by molar-refractivity contribution is 5.95. The number of amides is 1. The summed E-state index contributed by atoms with van der Waals surface area (Å²) in [7, 11) is 0. The van der Waals surface area contributed by atoms with Gasteiger partial charge in [-0.1, -0.05) is 0 Å². The standard InChI is InChI=1S/C23H22F2N4O2.ClH/c24-16-9-15(10-17(25)12-16)18-3-5-26-13-20(18)28-23(30)14-1-2-19-21-4-6-27-29(21)7-8-31-22(19)11-14;/h1-2,4,6,9-12,18,20,26H,3,5,7-8,13H2,(H,28,30);1H/t18-,20+;/m0./s1. The van der Waals surface area contributed by atoms with Crippen molar-refractivity contribution in [1.82, 2.24) is 20.4 Å². The Balaban J connectivity index is 0.00000245. The molecule has 6 nitrogen and oxygen atoms in total. The Labute approximate surface area is 190 Å². The fourth-order valence-electron chi connectivity index (χ4n) is 4.43. The van der Waals surface area contributed by atoms with Crippen LogP contribution in [0.15, 0.2) is 48.7 Å². The molecule has 0 bridgehead atoms. The number of carbonyl (C=O) groups excluding carboxylic acids is 1. The van der Waals surface area contributed by atoms with Gasteiger partial charge in [0.15, 0.2) is 0 Å². The predicted molar refractivity (Wildman–Crippen MR) is 118 cm³/mol. The van der Waals surface area contributed by atoms with E-state index in [1.54, 1.807) is 18.3 Å². The largest absolute Gasteiger partial charge is 0.491 e. The van der Waals surface area contributed by atoms with Crippen molar-refractivity contribution in [3.8, 4) is 17.0 Å². The van der Waals surface area contributed by atoms with Crippen LogP contribution >= 0.6 is 12.4 Å². The van der Waals surface area contributed by atoms with Crippen LogP contribution in [0.25, 0.3) is 11.3 Å². The maximum Gasteiger partial charge on any atom is 0.251 e. The molecule has 1 saturated heterocycles. The van der Waals surface area contributed by atoms with E-state index in [0.717, 1.165) is 23.9 Å². The predicted octanol–water partition coefficient (Wildman–Crippen LogP) is 3.52. The van der Waals surface area contributed by atoms with Crippen molar-refractivity contribution < 1.29 is 18.3 Å². The van der Waals surface area contributed by atoms with E-state index in [-0.39, 0.29) is 30.3 Å². The Morgan fingerprint density at radius 1 is 1.16 bits per heavy atom. The molecule has 5 rings (SSSR count). The molecule has 1 aromatic heterocycles. The number of rotatable bonds is 3. The number of hydrogen-bond donors (Lipinski definition) is 2. The molecule has 2 N–H and O–H groups in total. The zero-order valence-corrected chi connectivity index (χ0v) is 18.0. The first kappa shape index (κ1) is 22.2. The van der Waals surface area contributed by atoms with Crippen molar-refractivity contribution in [3.05, 3.63) is 71.4 Å². The molecule has 2 aromatic carbocycles. The lowest BCUT2D eigenvalue weighted by Gasteiger charge is -2.33. The van der Waals surface area contributed by atoms with Gasteiger partial charge in [0.1, 0.15) is 24.0 Å². The van der Waals surface area contributed by atoms with E-state index in [0.29, 0.717) is 43.0 Å². The van der Waals surface area contributed by atoms with Crippen molar-refractivity contribution in [2.75, 3.05) is 19.7 Å². The van der Waals surface area contributed by atoms with Gasteiger partial charge in [0.05, 0.1) is 12.2 Å². The molecule has 2 aliphatic rings. The number of piperidine rings is 1. The quantitative estimate of drug-likeness (QED) is 0.627. The third-order valence-electron chi connectivity index (χ3n) is 5.91. The second-order valence-corrected chi connectivity index (χ2v) is 7.88. The molecule has 0 radical (unpaired) electrons. The fourth-order valence-corrected chi connectivity index (χ4v) is 4.43. The summed E-state index contributed by atoms with van der Waals surface area (Å²) in [5.41, 5.74) is 2.87. The summed E-state index contributed by atoms with van der Waals surface area (Å²) in [6, 6.07) is 10.5. The Hall–Kier alpha value is -2.97. The van der Waals surface area contributed by atoms with Gasteiger partial charge in [-0.2, -0.15) is 5.10 Å². The average molecular weight is 461 g/mol. The molecular formula is C23H23ClF2N4O2. The lowest BCUT2D eigenvalue weighted by molar-refractivity contribution is 0.0924. The van der Waals surface area contributed by atoms with Crippen LogP contribution in [0.5, 0.6) is 5.75 Å². The number of hydrogen-bond acceptors (Lipinski definition) is 4. The minimum absolute atomic E-state index is 0. The Morgan fingerprint density at radius 2 is 1.97 bits per heavy atom. The minimum atomic E-state index is -0.610. The van der Waals surface area contributed by atoms with E-state index in [4.69, 9.17) is 4.74 Å². The van der Waals surface area contributed by atoms with Crippen LogP contribution in [-0.2, 0) is 6.54 Å². The molecule has 32 heavy (non-hydrogen) atoms. The van der Waals surface area contributed by atoms with Crippen LogP contribution in [0, 0.1) is 11.6 Å². The maximum atomic E-state index is 13.8. The summed E-state index contributed by atoms with van der Waals surface area (Å²) < 4.78 is 35.2. The van der Waals surface area contributed by atoms with Gasteiger partial charge < -0.3 is 15.4 Å². The topological polar surface area (TPSA) is 68.2 Å². The molecule has 0 aliphatic carbocycles. The summed E-state index contributed by atoms with van der Waals surface area (Å²) in [6.07, 6.45) is 2.42. The van der Waals surface area contributed by atoms with Crippen molar-refractivity contribution >= 4 is 18.3 Å². The zero-order chi connectivity index (χ0) is 21.4. The molecule has 3 heterocycles. The maximum absolute atomic E-state index is 13.8. The van der Waals surface area contributed by atoms with Gasteiger partial charge in [-0.15, -0.1) is 12.4 Å². The van der Waals surface area contributed by atoms with E-state index >= 15 is 0 Å². The number of halogens is 3. The number of carbonyl (C=O) groups is 1. The third kappa shape index (κ3) is 4.33. The second kappa shape index (κ2) is 9.26.